The van der Waals surface area contributed by atoms with Gasteiger partial charge in [0.05, 0.1) is 19.1 Å². The third-order valence-electron chi connectivity index (χ3n) is 5.00. The van der Waals surface area contributed by atoms with Crippen LogP contribution >= 0.6 is 11.6 Å². The van der Waals surface area contributed by atoms with Gasteiger partial charge in [0.1, 0.15) is 6.54 Å². The maximum Gasteiger partial charge on any atom is 0.107 e. The van der Waals surface area contributed by atoms with Crippen molar-refractivity contribution in [1.82, 2.24) is 0 Å². The molecular weight excluding hydrogens is 244 g/mol. The number of benzene rings is 1. The van der Waals surface area contributed by atoms with Crippen LogP contribution in [0.2, 0.25) is 5.02 Å². The van der Waals surface area contributed by atoms with Gasteiger partial charge in [-0.25, -0.2) is 0 Å². The molecule has 2 N–H and O–H groups in total. The van der Waals surface area contributed by atoms with Crippen LogP contribution in [0.1, 0.15) is 31.2 Å². The summed E-state index contributed by atoms with van der Waals surface area (Å²) in [5.41, 5.74) is 8.20. The third-order valence-corrected chi connectivity index (χ3v) is 5.23. The molecule has 1 aromatic carbocycles. The van der Waals surface area contributed by atoms with Crippen molar-refractivity contribution in [3.8, 4) is 0 Å². The maximum absolute atomic E-state index is 6.11. The Morgan fingerprint density at radius 1 is 1.28 bits per heavy atom. The first-order valence-electron chi connectivity index (χ1n) is 6.80. The minimum absolute atomic E-state index is 0.730. The summed E-state index contributed by atoms with van der Waals surface area (Å²) in [5, 5.41) is 0.730. The zero-order chi connectivity index (χ0) is 12.8. The first-order valence-corrected chi connectivity index (χ1v) is 7.18. The molecule has 18 heavy (non-hydrogen) atoms. The second-order valence-electron chi connectivity index (χ2n) is 5.99. The molecule has 0 saturated carbocycles. The summed E-state index contributed by atoms with van der Waals surface area (Å²) < 4.78 is 1.17. The average molecular weight is 265 g/mol. The molecule has 2 bridgehead atoms. The monoisotopic (exact) mass is 264 g/mol. The SMILES string of the molecule is C[N+]1(Cc2ccc(Cl)cc2N)C2C[CH]CC1CC2. The quantitative estimate of drug-likeness (QED) is 0.643. The Labute approximate surface area is 114 Å². The zero-order valence-electron chi connectivity index (χ0n) is 10.9. The first kappa shape index (κ1) is 12.3. The Bertz CT molecular complexity index is 442. The van der Waals surface area contributed by atoms with Crippen molar-refractivity contribution in [3.63, 3.8) is 0 Å². The van der Waals surface area contributed by atoms with Gasteiger partial charge in [-0.1, -0.05) is 11.6 Å². The fraction of sp³-hybridized carbons (Fsp3) is 0.533. The summed E-state index contributed by atoms with van der Waals surface area (Å²) in [6.07, 6.45) is 7.74. The molecule has 97 valence electrons. The second kappa shape index (κ2) is 4.43. The number of nitrogens with two attached hydrogens (primary N) is 1. The van der Waals surface area contributed by atoms with Gasteiger partial charge in [0.15, 0.2) is 0 Å². The number of fused-ring (bicyclic) bond motifs is 2. The smallest absolute Gasteiger partial charge is 0.107 e. The first-order chi connectivity index (χ1) is 8.59. The number of rotatable bonds is 2. The Morgan fingerprint density at radius 3 is 2.56 bits per heavy atom. The number of nitrogen functional groups attached to an aromatic ring is 1. The van der Waals surface area contributed by atoms with Gasteiger partial charge in [0.2, 0.25) is 0 Å². The van der Waals surface area contributed by atoms with Crippen molar-refractivity contribution >= 4 is 17.3 Å². The van der Waals surface area contributed by atoms with Crippen molar-refractivity contribution in [2.24, 2.45) is 0 Å². The number of halogens is 1. The number of hydrogen-bond acceptors (Lipinski definition) is 1. The van der Waals surface area contributed by atoms with Gasteiger partial charge in [0, 0.05) is 42.0 Å². The molecule has 0 aliphatic carbocycles. The lowest BCUT2D eigenvalue weighted by atomic mass is 9.98. The van der Waals surface area contributed by atoms with Crippen molar-refractivity contribution in [3.05, 3.63) is 35.2 Å². The molecule has 2 aliphatic heterocycles. The molecule has 2 fully saturated rings. The molecule has 3 rings (SSSR count). The highest BCUT2D eigenvalue weighted by atomic mass is 35.5. The normalized spacial score (nSPS) is 34.8. The molecule has 2 saturated heterocycles. The Kier molecular flexibility index (Phi) is 3.03. The Morgan fingerprint density at radius 2 is 1.94 bits per heavy atom. The summed E-state index contributed by atoms with van der Waals surface area (Å²) in [6, 6.07) is 7.51. The van der Waals surface area contributed by atoms with E-state index in [0.717, 1.165) is 29.3 Å². The largest absolute Gasteiger partial charge is 0.398 e. The summed E-state index contributed by atoms with van der Waals surface area (Å²) in [5.74, 6) is 0. The molecule has 1 aromatic rings. The van der Waals surface area contributed by atoms with Crippen molar-refractivity contribution in [2.45, 2.75) is 44.3 Å². The van der Waals surface area contributed by atoms with Crippen LogP contribution in [-0.4, -0.2) is 23.6 Å². The molecule has 3 heteroatoms. The Balaban J connectivity index is 1.87. The number of anilines is 1. The predicted octanol–water partition coefficient (Wildman–Crippen LogP) is 3.40. The van der Waals surface area contributed by atoms with Gasteiger partial charge in [-0.3, -0.25) is 0 Å². The van der Waals surface area contributed by atoms with Crippen LogP contribution in [0.4, 0.5) is 5.69 Å². The highest BCUT2D eigenvalue weighted by molar-refractivity contribution is 6.30. The second-order valence-corrected chi connectivity index (χ2v) is 6.43. The summed E-state index contributed by atoms with van der Waals surface area (Å²) >= 11 is 5.97. The molecule has 0 amide bonds. The molecular formula is C15H21ClN2+. The van der Waals surface area contributed by atoms with Crippen LogP contribution in [0.25, 0.3) is 0 Å². The van der Waals surface area contributed by atoms with Crippen LogP contribution in [0.3, 0.4) is 0 Å². The fourth-order valence-corrected chi connectivity index (χ4v) is 3.99. The topological polar surface area (TPSA) is 26.0 Å². The minimum atomic E-state index is 0.730. The van der Waals surface area contributed by atoms with E-state index in [1.54, 1.807) is 0 Å². The molecule has 1 radical (unpaired) electrons. The Hall–Kier alpha value is -0.730. The van der Waals surface area contributed by atoms with Crippen LogP contribution in [0, 0.1) is 6.42 Å². The highest BCUT2D eigenvalue weighted by Gasteiger charge is 2.48. The van der Waals surface area contributed by atoms with E-state index in [4.69, 9.17) is 17.3 Å². The maximum atomic E-state index is 6.11. The number of hydrogen-bond donors (Lipinski definition) is 1. The van der Waals surface area contributed by atoms with Crippen LogP contribution < -0.4 is 5.73 Å². The molecule has 2 unspecified atom stereocenters. The molecule has 2 heterocycles. The van der Waals surface area contributed by atoms with E-state index in [-0.39, 0.29) is 0 Å². The highest BCUT2D eigenvalue weighted by Crippen LogP contribution is 2.42. The van der Waals surface area contributed by atoms with Gasteiger partial charge in [-0.15, -0.1) is 0 Å². The standard InChI is InChI=1S/C15H21ClN2/c1-18(13-3-2-4-14(18)8-7-13)10-11-5-6-12(16)9-15(11)17/h2,5-6,9,13-14H,3-4,7-8,10,17H2,1H3/q+1. The van der Waals surface area contributed by atoms with E-state index in [2.05, 4.69) is 19.5 Å². The van der Waals surface area contributed by atoms with Gasteiger partial charge in [-0.2, -0.15) is 0 Å². The third kappa shape index (κ3) is 1.92. The lowest BCUT2D eigenvalue weighted by Gasteiger charge is -2.45. The van der Waals surface area contributed by atoms with E-state index in [0.29, 0.717) is 0 Å². The van der Waals surface area contributed by atoms with Crippen LogP contribution in [-0.2, 0) is 6.54 Å². The minimum Gasteiger partial charge on any atom is -0.398 e. The van der Waals surface area contributed by atoms with Crippen molar-refractivity contribution in [1.29, 1.82) is 0 Å². The number of quaternary nitrogens is 1. The van der Waals surface area contributed by atoms with Crippen molar-refractivity contribution < 1.29 is 4.48 Å². The number of piperidine rings is 1. The van der Waals surface area contributed by atoms with Gasteiger partial charge in [0.25, 0.3) is 0 Å². The molecule has 2 atom stereocenters. The molecule has 2 aliphatic rings. The summed E-state index contributed by atoms with van der Waals surface area (Å²) in [4.78, 5) is 0. The fourth-order valence-electron chi connectivity index (χ4n) is 3.81. The molecule has 0 spiro atoms. The predicted molar refractivity (Wildman–Crippen MR) is 76.1 cm³/mol. The van der Waals surface area contributed by atoms with Gasteiger partial charge >= 0.3 is 0 Å². The van der Waals surface area contributed by atoms with Crippen LogP contribution in [0.15, 0.2) is 18.2 Å². The van der Waals surface area contributed by atoms with Crippen LogP contribution in [0.5, 0.6) is 0 Å². The number of nitrogens with zero attached hydrogens (tertiary/aromatic N) is 1. The molecule has 2 nitrogen and oxygen atoms in total. The van der Waals surface area contributed by atoms with Gasteiger partial charge in [-0.05, 0) is 24.6 Å². The lowest BCUT2D eigenvalue weighted by molar-refractivity contribution is -0.958. The average Bonchev–Trinajstić information content (AvgIpc) is 2.55. The van der Waals surface area contributed by atoms with Gasteiger partial charge < -0.3 is 10.2 Å². The summed E-state index contributed by atoms with van der Waals surface area (Å²) in [7, 11) is 2.41. The van der Waals surface area contributed by atoms with E-state index in [1.165, 1.54) is 35.7 Å². The lowest BCUT2D eigenvalue weighted by Crippen LogP contribution is -2.55. The van der Waals surface area contributed by atoms with E-state index >= 15 is 0 Å². The van der Waals surface area contributed by atoms with E-state index in [1.807, 2.05) is 12.1 Å². The van der Waals surface area contributed by atoms with E-state index < -0.39 is 0 Å². The summed E-state index contributed by atoms with van der Waals surface area (Å²) in [6.45, 7) is 1.05. The van der Waals surface area contributed by atoms with Crippen molar-refractivity contribution in [2.75, 3.05) is 12.8 Å². The van der Waals surface area contributed by atoms with E-state index in [9.17, 15) is 0 Å². The zero-order valence-corrected chi connectivity index (χ0v) is 11.7. The molecule has 0 aromatic heterocycles.